The summed E-state index contributed by atoms with van der Waals surface area (Å²) in [5, 5.41) is 3.56. The molecule has 2 nitrogen and oxygen atoms in total. The number of amides is 1. The standard InChI is InChI=1S/C14H18FNOS/c1-9-4-3-5-12(13(9)15)14(17)16-10-6-7-11(8-10)18-2/h3-5,10-11H,6-8H2,1-2H3,(H,16,17). The van der Waals surface area contributed by atoms with E-state index in [1.807, 2.05) is 11.8 Å². The van der Waals surface area contributed by atoms with E-state index in [0.717, 1.165) is 19.3 Å². The van der Waals surface area contributed by atoms with Crippen LogP contribution >= 0.6 is 11.8 Å². The monoisotopic (exact) mass is 267 g/mol. The third-order valence-electron chi connectivity index (χ3n) is 3.49. The van der Waals surface area contributed by atoms with Crippen molar-refractivity contribution in [1.82, 2.24) is 5.32 Å². The molecule has 2 rings (SSSR count). The molecule has 2 unspecified atom stereocenters. The minimum absolute atomic E-state index is 0.155. The molecule has 0 aromatic heterocycles. The van der Waals surface area contributed by atoms with Gasteiger partial charge in [-0.2, -0.15) is 11.8 Å². The van der Waals surface area contributed by atoms with Gasteiger partial charge in [-0.25, -0.2) is 4.39 Å². The molecule has 0 heterocycles. The summed E-state index contributed by atoms with van der Waals surface area (Å²) in [5.41, 5.74) is 0.665. The van der Waals surface area contributed by atoms with Crippen LogP contribution in [0.2, 0.25) is 0 Å². The summed E-state index contributed by atoms with van der Waals surface area (Å²) in [5.74, 6) is -0.697. The molecule has 18 heavy (non-hydrogen) atoms. The van der Waals surface area contributed by atoms with Gasteiger partial charge in [0, 0.05) is 11.3 Å². The molecule has 2 atom stereocenters. The van der Waals surface area contributed by atoms with E-state index < -0.39 is 5.82 Å². The lowest BCUT2D eigenvalue weighted by molar-refractivity contribution is 0.0933. The molecule has 1 aliphatic rings. The fourth-order valence-corrected chi connectivity index (χ4v) is 3.17. The second-order valence-corrected chi connectivity index (χ2v) is 5.92. The zero-order chi connectivity index (χ0) is 13.1. The van der Waals surface area contributed by atoms with Gasteiger partial charge >= 0.3 is 0 Å². The number of benzene rings is 1. The van der Waals surface area contributed by atoms with Crippen LogP contribution in [-0.4, -0.2) is 23.5 Å². The van der Waals surface area contributed by atoms with Crippen molar-refractivity contribution in [2.75, 3.05) is 6.26 Å². The van der Waals surface area contributed by atoms with Gasteiger partial charge in [0.05, 0.1) is 5.56 Å². The van der Waals surface area contributed by atoms with Crippen LogP contribution in [0.5, 0.6) is 0 Å². The first-order chi connectivity index (χ1) is 8.61. The third-order valence-corrected chi connectivity index (χ3v) is 4.58. The second kappa shape index (κ2) is 5.74. The molecule has 1 aromatic carbocycles. The maximum atomic E-state index is 13.8. The largest absolute Gasteiger partial charge is 0.349 e. The van der Waals surface area contributed by atoms with Crippen molar-refractivity contribution >= 4 is 17.7 Å². The first-order valence-electron chi connectivity index (χ1n) is 6.20. The molecule has 0 spiro atoms. The Balaban J connectivity index is 2.02. The molecule has 0 bridgehead atoms. The molecular formula is C14H18FNOS. The molecule has 4 heteroatoms. The number of nitrogens with one attached hydrogen (secondary N) is 1. The van der Waals surface area contributed by atoms with Gasteiger partial charge in [-0.05, 0) is 44.1 Å². The highest BCUT2D eigenvalue weighted by Crippen LogP contribution is 2.28. The lowest BCUT2D eigenvalue weighted by Gasteiger charge is -2.13. The Morgan fingerprint density at radius 3 is 2.89 bits per heavy atom. The minimum atomic E-state index is -0.408. The third kappa shape index (κ3) is 2.86. The highest BCUT2D eigenvalue weighted by atomic mass is 32.2. The Bertz CT molecular complexity index is 449. The van der Waals surface area contributed by atoms with Crippen molar-refractivity contribution in [3.8, 4) is 0 Å². The van der Waals surface area contributed by atoms with E-state index in [0.29, 0.717) is 10.8 Å². The van der Waals surface area contributed by atoms with Crippen LogP contribution in [0.15, 0.2) is 18.2 Å². The van der Waals surface area contributed by atoms with Crippen LogP contribution in [0.4, 0.5) is 4.39 Å². The van der Waals surface area contributed by atoms with Crippen LogP contribution in [0.25, 0.3) is 0 Å². The number of hydrogen-bond donors (Lipinski definition) is 1. The minimum Gasteiger partial charge on any atom is -0.349 e. The number of carbonyl (C=O) groups excluding carboxylic acids is 1. The van der Waals surface area contributed by atoms with Gasteiger partial charge < -0.3 is 5.32 Å². The number of thioether (sulfide) groups is 1. The fraction of sp³-hybridized carbons (Fsp3) is 0.500. The second-order valence-electron chi connectivity index (χ2n) is 4.78. The highest BCUT2D eigenvalue weighted by Gasteiger charge is 2.26. The van der Waals surface area contributed by atoms with E-state index in [9.17, 15) is 9.18 Å². The summed E-state index contributed by atoms with van der Waals surface area (Å²) in [4.78, 5) is 12.0. The molecule has 1 amide bonds. The van der Waals surface area contributed by atoms with Crippen molar-refractivity contribution in [2.24, 2.45) is 0 Å². The topological polar surface area (TPSA) is 29.1 Å². The van der Waals surface area contributed by atoms with Gasteiger partial charge in [-0.3, -0.25) is 4.79 Å². The molecule has 1 aliphatic carbocycles. The van der Waals surface area contributed by atoms with E-state index in [1.165, 1.54) is 0 Å². The lowest BCUT2D eigenvalue weighted by atomic mass is 10.1. The SMILES string of the molecule is CSC1CCC(NC(=O)c2cccc(C)c2F)C1. The van der Waals surface area contributed by atoms with Crippen molar-refractivity contribution in [3.63, 3.8) is 0 Å². The van der Waals surface area contributed by atoms with Crippen LogP contribution < -0.4 is 5.32 Å². The van der Waals surface area contributed by atoms with Crippen LogP contribution in [-0.2, 0) is 0 Å². The van der Waals surface area contributed by atoms with E-state index in [1.54, 1.807) is 25.1 Å². The molecular weight excluding hydrogens is 249 g/mol. The number of carbonyl (C=O) groups is 1. The average molecular weight is 267 g/mol. The molecule has 0 saturated heterocycles. The van der Waals surface area contributed by atoms with E-state index in [4.69, 9.17) is 0 Å². The normalized spacial score (nSPS) is 23.1. The summed E-state index contributed by atoms with van der Waals surface area (Å²) < 4.78 is 13.8. The maximum Gasteiger partial charge on any atom is 0.254 e. The Hall–Kier alpha value is -1.03. The summed E-state index contributed by atoms with van der Waals surface area (Å²) >= 11 is 1.84. The first kappa shape index (κ1) is 13.4. The highest BCUT2D eigenvalue weighted by molar-refractivity contribution is 7.99. The van der Waals surface area contributed by atoms with Crippen LogP contribution in [0, 0.1) is 12.7 Å². The molecule has 1 saturated carbocycles. The number of rotatable bonds is 3. The molecule has 0 aliphatic heterocycles. The molecule has 0 radical (unpaired) electrons. The van der Waals surface area contributed by atoms with E-state index in [-0.39, 0.29) is 17.5 Å². The number of aryl methyl sites for hydroxylation is 1. The molecule has 1 N–H and O–H groups in total. The number of halogens is 1. The lowest BCUT2D eigenvalue weighted by Crippen LogP contribution is -2.33. The predicted octanol–water partition coefficient (Wildman–Crippen LogP) is 3.15. The number of hydrogen-bond acceptors (Lipinski definition) is 2. The first-order valence-corrected chi connectivity index (χ1v) is 7.49. The van der Waals surface area contributed by atoms with Crippen molar-refractivity contribution < 1.29 is 9.18 Å². The van der Waals surface area contributed by atoms with Gasteiger partial charge in [-0.1, -0.05) is 12.1 Å². The summed E-state index contributed by atoms with van der Waals surface area (Å²) in [7, 11) is 0. The Kier molecular flexibility index (Phi) is 4.27. The van der Waals surface area contributed by atoms with Gasteiger partial charge in [0.1, 0.15) is 5.82 Å². The van der Waals surface area contributed by atoms with Gasteiger partial charge in [0.2, 0.25) is 0 Å². The maximum absolute atomic E-state index is 13.8. The Morgan fingerprint density at radius 2 is 2.22 bits per heavy atom. The van der Waals surface area contributed by atoms with Crippen LogP contribution in [0.1, 0.15) is 35.2 Å². The quantitative estimate of drug-likeness (QED) is 0.911. The Morgan fingerprint density at radius 1 is 1.44 bits per heavy atom. The average Bonchev–Trinajstić information content (AvgIpc) is 2.80. The summed E-state index contributed by atoms with van der Waals surface area (Å²) in [6.07, 6.45) is 5.20. The van der Waals surface area contributed by atoms with E-state index >= 15 is 0 Å². The van der Waals surface area contributed by atoms with Crippen molar-refractivity contribution in [3.05, 3.63) is 35.1 Å². The molecule has 1 aromatic rings. The summed E-state index contributed by atoms with van der Waals surface area (Å²) in [6.45, 7) is 1.67. The van der Waals surface area contributed by atoms with Crippen molar-refractivity contribution in [1.29, 1.82) is 0 Å². The zero-order valence-corrected chi connectivity index (χ0v) is 11.5. The molecule has 98 valence electrons. The van der Waals surface area contributed by atoms with E-state index in [2.05, 4.69) is 11.6 Å². The Labute approximate surface area is 111 Å². The zero-order valence-electron chi connectivity index (χ0n) is 10.7. The smallest absolute Gasteiger partial charge is 0.254 e. The van der Waals surface area contributed by atoms with Gasteiger partial charge in [0.25, 0.3) is 5.91 Å². The predicted molar refractivity (Wildman–Crippen MR) is 73.5 cm³/mol. The summed E-state index contributed by atoms with van der Waals surface area (Å²) in [6, 6.07) is 5.12. The molecule has 1 fully saturated rings. The fourth-order valence-electron chi connectivity index (χ4n) is 2.37. The van der Waals surface area contributed by atoms with Crippen LogP contribution in [0.3, 0.4) is 0 Å². The van der Waals surface area contributed by atoms with Gasteiger partial charge in [-0.15, -0.1) is 0 Å². The van der Waals surface area contributed by atoms with Gasteiger partial charge in [0.15, 0.2) is 0 Å². The van der Waals surface area contributed by atoms with Crippen molar-refractivity contribution in [2.45, 2.75) is 37.5 Å².